The van der Waals surface area contributed by atoms with E-state index in [4.69, 9.17) is 17.3 Å². The first-order valence-corrected chi connectivity index (χ1v) is 8.75. The maximum atomic E-state index is 12.7. The molecule has 2 rings (SSSR count). The summed E-state index contributed by atoms with van der Waals surface area (Å²) in [4.78, 5) is 10.1. The summed E-state index contributed by atoms with van der Waals surface area (Å²) < 4.78 is 26.7. The SMILES string of the molecule is CC(N)C1CCCN(S(=O)(=O)c2ccc(Cl)cc2[N+](=O)[O-])C1.Cl. The zero-order valence-corrected chi connectivity index (χ0v) is 14.9. The van der Waals surface area contributed by atoms with E-state index >= 15 is 0 Å². The molecule has 0 radical (unpaired) electrons. The number of sulfonamides is 1. The zero-order valence-electron chi connectivity index (χ0n) is 12.5. The number of nitrogens with two attached hydrogens (primary N) is 1. The normalized spacial score (nSPS) is 20.6. The van der Waals surface area contributed by atoms with E-state index < -0.39 is 20.6 Å². The Labute approximate surface area is 146 Å². The maximum absolute atomic E-state index is 12.7. The summed E-state index contributed by atoms with van der Waals surface area (Å²) in [5.74, 6) is 0.0508. The number of halogens is 2. The minimum atomic E-state index is -3.94. The second kappa shape index (κ2) is 7.76. The lowest BCUT2D eigenvalue weighted by Crippen LogP contribution is -2.45. The van der Waals surface area contributed by atoms with Crippen LogP contribution in [-0.2, 0) is 10.0 Å². The summed E-state index contributed by atoms with van der Waals surface area (Å²) in [6.45, 7) is 2.46. The Morgan fingerprint density at radius 1 is 1.48 bits per heavy atom. The molecule has 1 saturated heterocycles. The molecule has 0 saturated carbocycles. The Morgan fingerprint density at radius 3 is 2.70 bits per heavy atom. The molecule has 10 heteroatoms. The average molecular weight is 384 g/mol. The predicted octanol–water partition coefficient (Wildman–Crippen LogP) is 2.42. The summed E-state index contributed by atoms with van der Waals surface area (Å²) >= 11 is 5.73. The van der Waals surface area contributed by atoms with Gasteiger partial charge in [0.05, 0.1) is 4.92 Å². The molecular formula is C13H19Cl2N3O4S. The van der Waals surface area contributed by atoms with Crippen LogP contribution in [0, 0.1) is 16.0 Å². The van der Waals surface area contributed by atoms with Crippen LogP contribution < -0.4 is 5.73 Å². The standard InChI is InChI=1S/C13H18ClN3O4S.ClH/c1-9(15)10-3-2-6-16(8-10)22(20,21)13-5-4-11(14)7-12(13)17(18)19;/h4-5,7,9-10H,2-3,6,8,15H2,1H3;1H. The molecule has 1 aliphatic rings. The smallest absolute Gasteiger partial charge is 0.290 e. The van der Waals surface area contributed by atoms with E-state index in [0.717, 1.165) is 12.5 Å². The summed E-state index contributed by atoms with van der Waals surface area (Å²) in [6.07, 6.45) is 1.54. The number of nitro groups is 1. The molecule has 2 N–H and O–H groups in total. The van der Waals surface area contributed by atoms with Crippen molar-refractivity contribution in [2.45, 2.75) is 30.7 Å². The van der Waals surface area contributed by atoms with Crippen molar-refractivity contribution in [2.75, 3.05) is 13.1 Å². The number of hydrogen-bond acceptors (Lipinski definition) is 5. The molecule has 1 aliphatic heterocycles. The van der Waals surface area contributed by atoms with Gasteiger partial charge in [0.1, 0.15) is 0 Å². The molecule has 1 aromatic carbocycles. The van der Waals surface area contributed by atoms with E-state index in [-0.39, 0.29) is 40.8 Å². The fourth-order valence-corrected chi connectivity index (χ4v) is 4.45. The molecule has 2 unspecified atom stereocenters. The molecule has 0 amide bonds. The quantitative estimate of drug-likeness (QED) is 0.634. The summed E-state index contributed by atoms with van der Waals surface area (Å²) in [5.41, 5.74) is 5.36. The molecule has 130 valence electrons. The third-order valence-corrected chi connectivity index (χ3v) is 6.05. The van der Waals surface area contributed by atoms with Gasteiger partial charge in [-0.1, -0.05) is 11.6 Å². The van der Waals surface area contributed by atoms with E-state index in [0.29, 0.717) is 13.0 Å². The Kier molecular flexibility index (Phi) is 6.79. The largest absolute Gasteiger partial charge is 0.328 e. The van der Waals surface area contributed by atoms with Crippen molar-refractivity contribution in [3.8, 4) is 0 Å². The first-order chi connectivity index (χ1) is 10.2. The van der Waals surface area contributed by atoms with Crippen LogP contribution in [0.15, 0.2) is 23.1 Å². The lowest BCUT2D eigenvalue weighted by atomic mass is 9.93. The minimum absolute atomic E-state index is 0. The highest BCUT2D eigenvalue weighted by Gasteiger charge is 2.35. The van der Waals surface area contributed by atoms with Crippen LogP contribution in [0.3, 0.4) is 0 Å². The van der Waals surface area contributed by atoms with Crippen LogP contribution in [0.2, 0.25) is 5.02 Å². The number of nitro benzene ring substituents is 1. The van der Waals surface area contributed by atoms with Gasteiger partial charge in [0.2, 0.25) is 10.0 Å². The van der Waals surface area contributed by atoms with Crippen LogP contribution in [0.5, 0.6) is 0 Å². The third-order valence-electron chi connectivity index (χ3n) is 3.90. The van der Waals surface area contributed by atoms with Crippen LogP contribution in [0.4, 0.5) is 5.69 Å². The molecule has 7 nitrogen and oxygen atoms in total. The van der Waals surface area contributed by atoms with Gasteiger partial charge in [0.15, 0.2) is 4.90 Å². The molecule has 0 aromatic heterocycles. The van der Waals surface area contributed by atoms with Gasteiger partial charge in [-0.3, -0.25) is 10.1 Å². The third kappa shape index (κ3) is 4.33. The average Bonchev–Trinajstić information content (AvgIpc) is 2.46. The van der Waals surface area contributed by atoms with E-state index in [9.17, 15) is 18.5 Å². The molecule has 2 atom stereocenters. The lowest BCUT2D eigenvalue weighted by molar-refractivity contribution is -0.387. The van der Waals surface area contributed by atoms with E-state index in [1.165, 1.54) is 16.4 Å². The molecule has 0 aliphatic carbocycles. The van der Waals surface area contributed by atoms with Crippen molar-refractivity contribution < 1.29 is 13.3 Å². The second-order valence-electron chi connectivity index (χ2n) is 5.49. The number of rotatable bonds is 4. The number of nitrogens with zero attached hydrogens (tertiary/aromatic N) is 2. The highest BCUT2D eigenvalue weighted by Crippen LogP contribution is 2.32. The van der Waals surface area contributed by atoms with Crippen LogP contribution in [-0.4, -0.2) is 36.8 Å². The van der Waals surface area contributed by atoms with Gasteiger partial charge in [0, 0.05) is 30.2 Å². The summed E-state index contributed by atoms with van der Waals surface area (Å²) in [5, 5.41) is 11.2. The van der Waals surface area contributed by atoms with Gasteiger partial charge < -0.3 is 5.73 Å². The van der Waals surface area contributed by atoms with Gasteiger partial charge in [-0.2, -0.15) is 4.31 Å². The van der Waals surface area contributed by atoms with Crippen molar-refractivity contribution in [1.29, 1.82) is 0 Å². The van der Waals surface area contributed by atoms with Crippen molar-refractivity contribution in [2.24, 2.45) is 11.7 Å². The first-order valence-electron chi connectivity index (χ1n) is 6.93. The monoisotopic (exact) mass is 383 g/mol. The van der Waals surface area contributed by atoms with E-state index in [1.807, 2.05) is 6.92 Å². The van der Waals surface area contributed by atoms with E-state index in [2.05, 4.69) is 0 Å². The molecule has 1 heterocycles. The molecule has 1 aromatic rings. The predicted molar refractivity (Wildman–Crippen MR) is 90.5 cm³/mol. The van der Waals surface area contributed by atoms with Gasteiger partial charge in [-0.25, -0.2) is 8.42 Å². The number of benzene rings is 1. The molecule has 23 heavy (non-hydrogen) atoms. The van der Waals surface area contributed by atoms with Crippen LogP contribution in [0.1, 0.15) is 19.8 Å². The van der Waals surface area contributed by atoms with Crippen molar-refractivity contribution in [3.63, 3.8) is 0 Å². The molecule has 1 fully saturated rings. The highest BCUT2D eigenvalue weighted by atomic mass is 35.5. The summed E-state index contributed by atoms with van der Waals surface area (Å²) in [6, 6.07) is 3.46. The van der Waals surface area contributed by atoms with Crippen LogP contribution in [0.25, 0.3) is 0 Å². The summed E-state index contributed by atoms with van der Waals surface area (Å²) in [7, 11) is -3.94. The van der Waals surface area contributed by atoms with Crippen molar-refractivity contribution in [3.05, 3.63) is 33.3 Å². The molecular weight excluding hydrogens is 365 g/mol. The Balaban J connectivity index is 0.00000264. The highest BCUT2D eigenvalue weighted by molar-refractivity contribution is 7.89. The Bertz CT molecular complexity index is 682. The molecule has 0 bridgehead atoms. The Hall–Kier alpha value is -0.930. The van der Waals surface area contributed by atoms with Gasteiger partial charge in [-0.15, -0.1) is 12.4 Å². The lowest BCUT2D eigenvalue weighted by Gasteiger charge is -2.33. The van der Waals surface area contributed by atoms with Crippen LogP contribution >= 0.6 is 24.0 Å². The van der Waals surface area contributed by atoms with Gasteiger partial charge in [0.25, 0.3) is 5.69 Å². The van der Waals surface area contributed by atoms with Crippen molar-refractivity contribution >= 4 is 39.7 Å². The first kappa shape index (κ1) is 20.1. The Morgan fingerprint density at radius 2 is 2.13 bits per heavy atom. The fraction of sp³-hybridized carbons (Fsp3) is 0.538. The fourth-order valence-electron chi connectivity index (χ4n) is 2.61. The second-order valence-corrected chi connectivity index (χ2v) is 7.84. The van der Waals surface area contributed by atoms with E-state index in [1.54, 1.807) is 0 Å². The topological polar surface area (TPSA) is 107 Å². The number of piperidine rings is 1. The van der Waals surface area contributed by atoms with Gasteiger partial charge >= 0.3 is 0 Å². The number of hydrogen-bond donors (Lipinski definition) is 1. The maximum Gasteiger partial charge on any atom is 0.290 e. The van der Waals surface area contributed by atoms with Gasteiger partial charge in [-0.05, 0) is 37.8 Å². The molecule has 0 spiro atoms. The minimum Gasteiger partial charge on any atom is -0.328 e. The van der Waals surface area contributed by atoms with Crippen molar-refractivity contribution in [1.82, 2.24) is 4.31 Å². The zero-order chi connectivity index (χ0) is 16.5.